The normalized spacial score (nSPS) is 13.6. The standard InChI is InChI=1S/C17H29NO2/c1-12(2)15-8-7-13(3)9-16(15)20-11-14(19)10-18-17(4,5)6/h7-9,12,14,18-19H,10-11H2,1-6H3/t14-/m1/s1. The topological polar surface area (TPSA) is 41.5 Å². The number of aliphatic hydroxyl groups excluding tert-OH is 1. The van der Waals surface area contributed by atoms with Gasteiger partial charge in [0.1, 0.15) is 18.5 Å². The van der Waals surface area contributed by atoms with Gasteiger partial charge < -0.3 is 15.2 Å². The van der Waals surface area contributed by atoms with Gasteiger partial charge in [-0.2, -0.15) is 0 Å². The number of ether oxygens (including phenoxy) is 1. The maximum Gasteiger partial charge on any atom is 0.123 e. The molecule has 0 aromatic heterocycles. The van der Waals surface area contributed by atoms with Gasteiger partial charge in [-0.1, -0.05) is 26.0 Å². The van der Waals surface area contributed by atoms with Crippen LogP contribution in [-0.4, -0.2) is 29.9 Å². The molecule has 114 valence electrons. The molecule has 0 bridgehead atoms. The van der Waals surface area contributed by atoms with Gasteiger partial charge in [0.2, 0.25) is 0 Å². The van der Waals surface area contributed by atoms with Crippen molar-refractivity contribution in [1.29, 1.82) is 0 Å². The Morgan fingerprint density at radius 1 is 1.25 bits per heavy atom. The van der Waals surface area contributed by atoms with Gasteiger partial charge in [0.15, 0.2) is 0 Å². The molecule has 0 radical (unpaired) electrons. The molecular formula is C17H29NO2. The Labute approximate surface area is 123 Å². The lowest BCUT2D eigenvalue weighted by Crippen LogP contribution is -2.42. The molecule has 0 saturated heterocycles. The summed E-state index contributed by atoms with van der Waals surface area (Å²) in [6, 6.07) is 6.24. The van der Waals surface area contributed by atoms with E-state index in [1.165, 1.54) is 11.1 Å². The highest BCUT2D eigenvalue weighted by molar-refractivity contribution is 5.39. The summed E-state index contributed by atoms with van der Waals surface area (Å²) in [4.78, 5) is 0. The van der Waals surface area contributed by atoms with Crippen LogP contribution in [0.2, 0.25) is 0 Å². The van der Waals surface area contributed by atoms with Gasteiger partial charge in [0, 0.05) is 12.1 Å². The maximum absolute atomic E-state index is 9.99. The van der Waals surface area contributed by atoms with E-state index in [2.05, 4.69) is 59.0 Å². The number of rotatable bonds is 6. The summed E-state index contributed by atoms with van der Waals surface area (Å²) in [6.07, 6.45) is -0.505. The minimum atomic E-state index is -0.505. The van der Waals surface area contributed by atoms with E-state index in [1.807, 2.05) is 6.07 Å². The van der Waals surface area contributed by atoms with Crippen LogP contribution in [0.1, 0.15) is 51.7 Å². The molecule has 1 rings (SSSR count). The lowest BCUT2D eigenvalue weighted by atomic mass is 10.0. The zero-order chi connectivity index (χ0) is 15.3. The molecular weight excluding hydrogens is 250 g/mol. The zero-order valence-corrected chi connectivity index (χ0v) is 13.7. The van der Waals surface area contributed by atoms with Crippen LogP contribution in [0.25, 0.3) is 0 Å². The molecule has 0 aliphatic carbocycles. The van der Waals surface area contributed by atoms with Gasteiger partial charge in [0.05, 0.1) is 0 Å². The molecule has 0 aliphatic rings. The van der Waals surface area contributed by atoms with Crippen molar-refractivity contribution >= 4 is 0 Å². The predicted molar refractivity (Wildman–Crippen MR) is 84.5 cm³/mol. The molecule has 0 amide bonds. The molecule has 1 atom stereocenters. The van der Waals surface area contributed by atoms with Crippen molar-refractivity contribution in [2.24, 2.45) is 0 Å². The lowest BCUT2D eigenvalue weighted by Gasteiger charge is -2.23. The average molecular weight is 279 g/mol. The van der Waals surface area contributed by atoms with Crippen molar-refractivity contribution in [2.45, 2.75) is 59.1 Å². The molecule has 3 nitrogen and oxygen atoms in total. The van der Waals surface area contributed by atoms with Crippen molar-refractivity contribution in [1.82, 2.24) is 5.32 Å². The third kappa shape index (κ3) is 5.93. The number of β-amino-alcohol motifs (C(OH)–C–C–N with tert-alkyl or cyclic N) is 1. The van der Waals surface area contributed by atoms with Crippen LogP contribution in [-0.2, 0) is 0 Å². The van der Waals surface area contributed by atoms with Crippen LogP contribution in [0, 0.1) is 6.92 Å². The second kappa shape index (κ2) is 7.09. The fourth-order valence-corrected chi connectivity index (χ4v) is 1.91. The van der Waals surface area contributed by atoms with Gasteiger partial charge >= 0.3 is 0 Å². The van der Waals surface area contributed by atoms with Crippen molar-refractivity contribution in [3.05, 3.63) is 29.3 Å². The quantitative estimate of drug-likeness (QED) is 0.840. The highest BCUT2D eigenvalue weighted by atomic mass is 16.5. The van der Waals surface area contributed by atoms with Crippen molar-refractivity contribution in [3.8, 4) is 5.75 Å². The number of hydrogen-bond acceptors (Lipinski definition) is 3. The second-order valence-corrected chi connectivity index (χ2v) is 6.79. The number of hydrogen-bond donors (Lipinski definition) is 2. The van der Waals surface area contributed by atoms with Crippen LogP contribution in [0.3, 0.4) is 0 Å². The van der Waals surface area contributed by atoms with E-state index in [4.69, 9.17) is 4.74 Å². The molecule has 0 unspecified atom stereocenters. The summed E-state index contributed by atoms with van der Waals surface area (Å²) in [7, 11) is 0. The Kier molecular flexibility index (Phi) is 6.03. The Bertz CT molecular complexity index is 421. The Balaban J connectivity index is 2.58. The molecule has 0 aliphatic heterocycles. The number of aliphatic hydroxyl groups is 1. The molecule has 0 heterocycles. The number of nitrogens with one attached hydrogen (secondary N) is 1. The summed E-state index contributed by atoms with van der Waals surface area (Å²) >= 11 is 0. The Hall–Kier alpha value is -1.06. The van der Waals surface area contributed by atoms with E-state index >= 15 is 0 Å². The summed E-state index contributed by atoms with van der Waals surface area (Å²) in [5.74, 6) is 1.30. The molecule has 3 heteroatoms. The first-order chi connectivity index (χ1) is 9.19. The zero-order valence-electron chi connectivity index (χ0n) is 13.7. The first kappa shape index (κ1) is 17.0. The minimum absolute atomic E-state index is 0.00735. The van der Waals surface area contributed by atoms with Gasteiger partial charge in [-0.15, -0.1) is 0 Å². The molecule has 0 spiro atoms. The average Bonchev–Trinajstić information content (AvgIpc) is 2.32. The highest BCUT2D eigenvalue weighted by Gasteiger charge is 2.14. The largest absolute Gasteiger partial charge is 0.491 e. The Morgan fingerprint density at radius 2 is 1.90 bits per heavy atom. The SMILES string of the molecule is Cc1ccc(C(C)C)c(OC[C@H](O)CNC(C)(C)C)c1. The van der Waals surface area contributed by atoms with Gasteiger partial charge in [-0.25, -0.2) is 0 Å². The predicted octanol–water partition coefficient (Wildman–Crippen LogP) is 3.25. The van der Waals surface area contributed by atoms with E-state index in [1.54, 1.807) is 0 Å². The van der Waals surface area contributed by atoms with E-state index in [0.717, 1.165) is 5.75 Å². The molecule has 2 N–H and O–H groups in total. The van der Waals surface area contributed by atoms with E-state index in [0.29, 0.717) is 19.1 Å². The maximum atomic E-state index is 9.99. The summed E-state index contributed by atoms with van der Waals surface area (Å²) < 4.78 is 5.82. The summed E-state index contributed by atoms with van der Waals surface area (Å²) in [5.41, 5.74) is 2.37. The van der Waals surface area contributed by atoms with Gasteiger partial charge in [-0.05, 0) is 50.8 Å². The van der Waals surface area contributed by atoms with Crippen LogP contribution in [0.5, 0.6) is 5.75 Å². The van der Waals surface area contributed by atoms with E-state index < -0.39 is 6.10 Å². The highest BCUT2D eigenvalue weighted by Crippen LogP contribution is 2.27. The minimum Gasteiger partial charge on any atom is -0.491 e. The molecule has 1 aromatic rings. The van der Waals surface area contributed by atoms with Crippen LogP contribution in [0.15, 0.2) is 18.2 Å². The lowest BCUT2D eigenvalue weighted by molar-refractivity contribution is 0.0994. The van der Waals surface area contributed by atoms with Crippen molar-refractivity contribution in [3.63, 3.8) is 0 Å². The third-order valence-corrected chi connectivity index (χ3v) is 3.09. The molecule has 0 fully saturated rings. The van der Waals surface area contributed by atoms with Crippen LogP contribution in [0.4, 0.5) is 0 Å². The van der Waals surface area contributed by atoms with Gasteiger partial charge in [-0.3, -0.25) is 0 Å². The smallest absolute Gasteiger partial charge is 0.123 e. The van der Waals surface area contributed by atoms with E-state index in [9.17, 15) is 5.11 Å². The van der Waals surface area contributed by atoms with Gasteiger partial charge in [0.25, 0.3) is 0 Å². The van der Waals surface area contributed by atoms with E-state index in [-0.39, 0.29) is 5.54 Å². The first-order valence-corrected chi connectivity index (χ1v) is 7.35. The van der Waals surface area contributed by atoms with Crippen molar-refractivity contribution in [2.75, 3.05) is 13.2 Å². The molecule has 1 aromatic carbocycles. The number of benzene rings is 1. The van der Waals surface area contributed by atoms with Crippen LogP contribution < -0.4 is 10.1 Å². The first-order valence-electron chi connectivity index (χ1n) is 7.35. The third-order valence-electron chi connectivity index (χ3n) is 3.09. The van der Waals surface area contributed by atoms with Crippen molar-refractivity contribution < 1.29 is 9.84 Å². The summed E-state index contributed by atoms with van der Waals surface area (Å²) in [5, 5.41) is 13.3. The summed E-state index contributed by atoms with van der Waals surface area (Å²) in [6.45, 7) is 13.4. The molecule has 0 saturated carbocycles. The Morgan fingerprint density at radius 3 is 2.45 bits per heavy atom. The monoisotopic (exact) mass is 279 g/mol. The second-order valence-electron chi connectivity index (χ2n) is 6.79. The number of aryl methyl sites for hydroxylation is 1. The fraction of sp³-hybridized carbons (Fsp3) is 0.647. The molecule has 20 heavy (non-hydrogen) atoms. The fourth-order valence-electron chi connectivity index (χ4n) is 1.91. The van der Waals surface area contributed by atoms with Crippen LogP contribution >= 0.6 is 0 Å².